The summed E-state index contributed by atoms with van der Waals surface area (Å²) in [5.41, 5.74) is 2.40. The Labute approximate surface area is 213 Å². The molecule has 1 aliphatic rings. The highest BCUT2D eigenvalue weighted by Crippen LogP contribution is 2.36. The van der Waals surface area contributed by atoms with Crippen molar-refractivity contribution in [3.63, 3.8) is 0 Å². The van der Waals surface area contributed by atoms with Crippen LogP contribution in [-0.2, 0) is 9.59 Å². The second-order valence-electron chi connectivity index (χ2n) is 8.13. The summed E-state index contributed by atoms with van der Waals surface area (Å²) in [5, 5.41) is 2.69. The van der Waals surface area contributed by atoms with Crippen LogP contribution in [0.4, 0.5) is 5.69 Å². The lowest BCUT2D eigenvalue weighted by molar-refractivity contribution is -0.122. The average Bonchev–Trinajstić information content (AvgIpc) is 2.74. The number of rotatable bonds is 7. The second kappa shape index (κ2) is 10.6. The first-order chi connectivity index (χ1) is 15.6. The van der Waals surface area contributed by atoms with Gasteiger partial charge in [-0.3, -0.25) is 19.8 Å². The molecule has 0 atom stereocenters. The van der Waals surface area contributed by atoms with Gasteiger partial charge in [0, 0.05) is 0 Å². The summed E-state index contributed by atoms with van der Waals surface area (Å²) in [6, 6.07) is 11.2. The molecule has 1 N–H and O–H groups in total. The molecule has 174 valence electrons. The number of nitrogens with one attached hydrogen (secondary N) is 1. The fraction of sp³-hybridized carbons (Fsp3) is 0.320. The summed E-state index contributed by atoms with van der Waals surface area (Å²) < 4.78 is 12.5. The van der Waals surface area contributed by atoms with Gasteiger partial charge in [0.15, 0.2) is 16.6 Å². The van der Waals surface area contributed by atoms with Gasteiger partial charge < -0.3 is 9.47 Å². The van der Waals surface area contributed by atoms with Crippen LogP contribution >= 0.6 is 34.8 Å². The molecular formula is C25H27IN2O4S. The van der Waals surface area contributed by atoms with Crippen molar-refractivity contribution in [1.82, 2.24) is 5.32 Å². The van der Waals surface area contributed by atoms with E-state index >= 15 is 0 Å². The van der Waals surface area contributed by atoms with Crippen molar-refractivity contribution >= 4 is 63.5 Å². The molecule has 2 amide bonds. The third kappa shape index (κ3) is 5.73. The topological polar surface area (TPSA) is 67.9 Å². The number of nitrogens with zero attached hydrogens (tertiary/aromatic N) is 1. The number of ether oxygens (including phenoxy) is 2. The molecule has 1 aliphatic heterocycles. The van der Waals surface area contributed by atoms with E-state index in [1.807, 2.05) is 51.1 Å². The molecule has 0 aliphatic carbocycles. The molecule has 0 saturated carbocycles. The van der Waals surface area contributed by atoms with Gasteiger partial charge >= 0.3 is 0 Å². The standard InChI is InChI=1S/C25H27IN2O4S/c1-6-31-21-13-16(12-20(26)22(21)32-15(4)5)11-19-23(29)27-25(33)28(24(19)30)18-9-7-17(8-10-18)14(2)3/h7-15H,6H2,1-5H3,(H,27,29,33)/b19-11+. The Kier molecular flexibility index (Phi) is 8.12. The number of hydrogen-bond acceptors (Lipinski definition) is 5. The van der Waals surface area contributed by atoms with E-state index in [9.17, 15) is 9.59 Å². The van der Waals surface area contributed by atoms with E-state index in [0.29, 0.717) is 35.3 Å². The Morgan fingerprint density at radius 1 is 1.12 bits per heavy atom. The molecule has 6 nitrogen and oxygen atoms in total. The Balaban J connectivity index is 2.00. The van der Waals surface area contributed by atoms with Crippen LogP contribution in [0.3, 0.4) is 0 Å². The zero-order chi connectivity index (χ0) is 24.3. The Morgan fingerprint density at radius 2 is 1.79 bits per heavy atom. The molecule has 2 aromatic carbocycles. The summed E-state index contributed by atoms with van der Waals surface area (Å²) in [6.07, 6.45) is 1.53. The van der Waals surface area contributed by atoms with E-state index in [4.69, 9.17) is 21.7 Å². The third-order valence-electron chi connectivity index (χ3n) is 4.92. The van der Waals surface area contributed by atoms with E-state index < -0.39 is 11.8 Å². The second-order valence-corrected chi connectivity index (χ2v) is 9.68. The maximum absolute atomic E-state index is 13.3. The molecule has 8 heteroatoms. The number of hydrogen-bond donors (Lipinski definition) is 1. The summed E-state index contributed by atoms with van der Waals surface area (Å²) in [5.74, 6) is 0.558. The molecule has 1 heterocycles. The van der Waals surface area contributed by atoms with Crippen LogP contribution in [0.1, 0.15) is 51.7 Å². The minimum Gasteiger partial charge on any atom is -0.490 e. The number of benzene rings is 2. The lowest BCUT2D eigenvalue weighted by Crippen LogP contribution is -2.54. The molecule has 3 rings (SSSR count). The molecule has 1 fully saturated rings. The smallest absolute Gasteiger partial charge is 0.270 e. The normalized spacial score (nSPS) is 15.5. The van der Waals surface area contributed by atoms with Crippen molar-refractivity contribution < 1.29 is 19.1 Å². The highest BCUT2D eigenvalue weighted by Gasteiger charge is 2.34. The fourth-order valence-electron chi connectivity index (χ4n) is 3.35. The number of thiocarbonyl (C=S) groups is 1. The van der Waals surface area contributed by atoms with E-state index in [2.05, 4.69) is 41.8 Å². The van der Waals surface area contributed by atoms with Gasteiger partial charge in [0.2, 0.25) is 0 Å². The van der Waals surface area contributed by atoms with E-state index in [1.165, 1.54) is 4.90 Å². The Morgan fingerprint density at radius 3 is 2.36 bits per heavy atom. The van der Waals surface area contributed by atoms with Crippen molar-refractivity contribution in [3.05, 3.63) is 56.7 Å². The van der Waals surface area contributed by atoms with E-state index in [-0.39, 0.29) is 16.8 Å². The van der Waals surface area contributed by atoms with Gasteiger partial charge in [0.25, 0.3) is 11.8 Å². The van der Waals surface area contributed by atoms with Gasteiger partial charge in [-0.2, -0.15) is 0 Å². The lowest BCUT2D eigenvalue weighted by Gasteiger charge is -2.29. The first-order valence-corrected chi connectivity index (χ1v) is 12.3. The number of anilines is 1. The van der Waals surface area contributed by atoms with Crippen molar-refractivity contribution in [2.24, 2.45) is 0 Å². The predicted molar refractivity (Wildman–Crippen MR) is 143 cm³/mol. The number of halogens is 1. The van der Waals surface area contributed by atoms with Crippen molar-refractivity contribution in [2.75, 3.05) is 11.5 Å². The molecule has 0 bridgehead atoms. The molecule has 0 spiro atoms. The minimum atomic E-state index is -0.532. The highest BCUT2D eigenvalue weighted by atomic mass is 127. The fourth-order valence-corrected chi connectivity index (χ4v) is 4.38. The molecule has 0 aromatic heterocycles. The summed E-state index contributed by atoms with van der Waals surface area (Å²) >= 11 is 7.47. The minimum absolute atomic E-state index is 0.00712. The Hall–Kier alpha value is -2.46. The zero-order valence-electron chi connectivity index (χ0n) is 19.3. The summed E-state index contributed by atoms with van der Waals surface area (Å²) in [7, 11) is 0. The van der Waals surface area contributed by atoms with Gasteiger partial charge in [0.05, 0.1) is 22.0 Å². The Bertz CT molecular complexity index is 1110. The number of carbonyl (C=O) groups is 2. The summed E-state index contributed by atoms with van der Waals surface area (Å²) in [6.45, 7) is 10.4. The number of amides is 2. The van der Waals surface area contributed by atoms with Gasteiger partial charge in [-0.05, 0) is 103 Å². The van der Waals surface area contributed by atoms with Crippen LogP contribution in [-0.4, -0.2) is 29.6 Å². The largest absolute Gasteiger partial charge is 0.490 e. The third-order valence-corrected chi connectivity index (χ3v) is 6.00. The maximum Gasteiger partial charge on any atom is 0.270 e. The summed E-state index contributed by atoms with van der Waals surface area (Å²) in [4.78, 5) is 27.3. The van der Waals surface area contributed by atoms with Crippen LogP contribution in [0.2, 0.25) is 0 Å². The molecule has 33 heavy (non-hydrogen) atoms. The first-order valence-electron chi connectivity index (χ1n) is 10.8. The molecule has 1 saturated heterocycles. The van der Waals surface area contributed by atoms with Gasteiger partial charge in [-0.1, -0.05) is 26.0 Å². The number of carbonyl (C=O) groups excluding carboxylic acids is 2. The highest BCUT2D eigenvalue weighted by molar-refractivity contribution is 14.1. The molecular weight excluding hydrogens is 551 g/mol. The van der Waals surface area contributed by atoms with Crippen molar-refractivity contribution in [1.29, 1.82) is 0 Å². The maximum atomic E-state index is 13.3. The van der Waals surface area contributed by atoms with Crippen LogP contribution in [0.25, 0.3) is 6.08 Å². The van der Waals surface area contributed by atoms with Gasteiger partial charge in [-0.25, -0.2) is 0 Å². The van der Waals surface area contributed by atoms with Crippen LogP contribution in [0.15, 0.2) is 42.0 Å². The molecule has 0 unspecified atom stereocenters. The SMILES string of the molecule is CCOc1cc(/C=C2\C(=O)NC(=S)N(c3ccc(C(C)C)cc3)C2=O)cc(I)c1OC(C)C. The monoisotopic (exact) mass is 578 g/mol. The predicted octanol–water partition coefficient (Wildman–Crippen LogP) is 5.43. The van der Waals surface area contributed by atoms with Crippen LogP contribution in [0, 0.1) is 3.57 Å². The average molecular weight is 578 g/mol. The van der Waals surface area contributed by atoms with E-state index in [0.717, 1.165) is 9.13 Å². The molecule has 2 aromatic rings. The van der Waals surface area contributed by atoms with Crippen molar-refractivity contribution in [3.8, 4) is 11.5 Å². The quantitative estimate of drug-likeness (QED) is 0.206. The van der Waals surface area contributed by atoms with Gasteiger partial charge in [0.1, 0.15) is 5.57 Å². The van der Waals surface area contributed by atoms with Gasteiger partial charge in [-0.15, -0.1) is 0 Å². The van der Waals surface area contributed by atoms with E-state index in [1.54, 1.807) is 12.1 Å². The van der Waals surface area contributed by atoms with Crippen molar-refractivity contribution in [2.45, 2.75) is 46.6 Å². The zero-order valence-corrected chi connectivity index (χ0v) is 22.2. The lowest BCUT2D eigenvalue weighted by atomic mass is 10.0. The van der Waals surface area contributed by atoms with Crippen LogP contribution < -0.4 is 19.7 Å². The molecule has 0 radical (unpaired) electrons. The van der Waals surface area contributed by atoms with Crippen LogP contribution in [0.5, 0.6) is 11.5 Å². The first kappa shape index (κ1) is 25.2.